The second-order valence-electron chi connectivity index (χ2n) is 9.73. The van der Waals surface area contributed by atoms with Gasteiger partial charge in [0.1, 0.15) is 11.5 Å². The second-order valence-corrected chi connectivity index (χ2v) is 10.8. The summed E-state index contributed by atoms with van der Waals surface area (Å²) in [6.45, 7) is 9.72. The number of anilines is 1. The Bertz CT molecular complexity index is 1300. The van der Waals surface area contributed by atoms with Crippen LogP contribution < -0.4 is 10.1 Å². The minimum atomic E-state index is -0.00440. The van der Waals surface area contributed by atoms with E-state index in [-0.39, 0.29) is 20.1 Å². The molecule has 1 aliphatic heterocycles. The molecule has 1 saturated heterocycles. The molecule has 1 atom stereocenters. The molecule has 0 amide bonds. The summed E-state index contributed by atoms with van der Waals surface area (Å²) in [5.41, 5.74) is 2.68. The minimum absolute atomic E-state index is 0. The van der Waals surface area contributed by atoms with Crippen molar-refractivity contribution in [3.05, 3.63) is 48.9 Å². The van der Waals surface area contributed by atoms with E-state index in [1.54, 1.807) is 17.5 Å². The molecule has 2 N–H and O–H groups in total. The predicted octanol–water partition coefficient (Wildman–Crippen LogP) is 5.13. The fourth-order valence-electron chi connectivity index (χ4n) is 4.41. The Morgan fingerprint density at radius 3 is 2.74 bits per heavy atom. The van der Waals surface area contributed by atoms with Gasteiger partial charge in [0.05, 0.1) is 54.5 Å². The summed E-state index contributed by atoms with van der Waals surface area (Å²) in [4.78, 5) is 11.6. The van der Waals surface area contributed by atoms with E-state index in [0.29, 0.717) is 11.7 Å². The summed E-state index contributed by atoms with van der Waals surface area (Å²) in [5, 5.41) is 18.4. The lowest BCUT2D eigenvalue weighted by Gasteiger charge is -2.26. The Labute approximate surface area is 228 Å². The molecule has 0 spiro atoms. The maximum atomic E-state index is 9.68. The summed E-state index contributed by atoms with van der Waals surface area (Å²) < 4.78 is 14.6. The zero-order valence-corrected chi connectivity index (χ0v) is 22.2. The molecule has 0 radical (unpaired) electrons. The number of aliphatic hydroxyl groups excluding tert-OH is 1. The molecular weight excluding hydrogens is 500 g/mol. The van der Waals surface area contributed by atoms with Crippen molar-refractivity contribution in [2.24, 2.45) is 5.92 Å². The number of morpholine rings is 1. The number of thiazole rings is 1. The molecule has 0 aliphatic carbocycles. The van der Waals surface area contributed by atoms with Gasteiger partial charge in [0.15, 0.2) is 5.13 Å². The van der Waals surface area contributed by atoms with Crippen molar-refractivity contribution in [3.8, 4) is 22.8 Å². The molecule has 5 rings (SSSR count). The first kappa shape index (κ1) is 28.0. The lowest BCUT2D eigenvalue weighted by atomic mass is 10.0. The molecule has 204 valence electrons. The summed E-state index contributed by atoms with van der Waals surface area (Å²) >= 11 is 1.56. The second kappa shape index (κ2) is 13.1. The molecule has 3 aromatic heterocycles. The lowest BCUT2D eigenvalue weighted by Crippen LogP contribution is -2.38. The number of fused-ring (bicyclic) bond motifs is 1. The van der Waals surface area contributed by atoms with Gasteiger partial charge in [0.2, 0.25) is 0 Å². The highest BCUT2D eigenvalue weighted by Gasteiger charge is 2.14. The van der Waals surface area contributed by atoms with Crippen LogP contribution in [0.5, 0.6) is 11.5 Å². The first-order chi connectivity index (χ1) is 18.1. The summed E-state index contributed by atoms with van der Waals surface area (Å²) in [7, 11) is 0. The van der Waals surface area contributed by atoms with Crippen LogP contribution in [0.4, 0.5) is 5.13 Å². The van der Waals surface area contributed by atoms with Crippen LogP contribution in [0, 0.1) is 5.92 Å². The van der Waals surface area contributed by atoms with E-state index < -0.39 is 0 Å². The number of hydrogen-bond acceptors (Lipinski definition) is 9. The third kappa shape index (κ3) is 7.28. The number of aromatic nitrogens is 4. The Kier molecular flexibility index (Phi) is 9.68. The zero-order chi connectivity index (χ0) is 25.6. The topological polar surface area (TPSA) is 97.6 Å². The van der Waals surface area contributed by atoms with Crippen molar-refractivity contribution in [2.75, 3.05) is 44.8 Å². The van der Waals surface area contributed by atoms with Gasteiger partial charge in [-0.15, -0.1) is 0 Å². The number of benzene rings is 1. The predicted molar refractivity (Wildman–Crippen MR) is 153 cm³/mol. The molecule has 1 fully saturated rings. The Balaban J connectivity index is 0.00000336. The van der Waals surface area contributed by atoms with Gasteiger partial charge in [-0.1, -0.05) is 32.6 Å². The van der Waals surface area contributed by atoms with Crippen LogP contribution in [0.1, 0.15) is 27.7 Å². The van der Waals surface area contributed by atoms with Gasteiger partial charge in [-0.05, 0) is 30.5 Å². The molecule has 4 aromatic rings. The number of ether oxygens (including phenoxy) is 2. The monoisotopic (exact) mass is 538 g/mol. The largest absolute Gasteiger partial charge is 0.457 e. The van der Waals surface area contributed by atoms with Crippen LogP contribution in [0.3, 0.4) is 0 Å². The Hall–Kier alpha value is -3.05. The van der Waals surface area contributed by atoms with Crippen LogP contribution in [0.15, 0.2) is 48.9 Å². The Morgan fingerprint density at radius 1 is 1.13 bits per heavy atom. The van der Waals surface area contributed by atoms with Gasteiger partial charge >= 0.3 is 0 Å². The molecule has 0 unspecified atom stereocenters. The number of nitrogens with zero attached hydrogens (tertiary/aromatic N) is 5. The number of nitrogens with one attached hydrogen (secondary N) is 1. The van der Waals surface area contributed by atoms with E-state index in [2.05, 4.69) is 39.1 Å². The summed E-state index contributed by atoms with van der Waals surface area (Å²) in [5.74, 6) is 1.95. The molecule has 9 nitrogen and oxygen atoms in total. The number of hydrogen-bond donors (Lipinski definition) is 2. The average Bonchev–Trinajstić information content (AvgIpc) is 3.54. The van der Waals surface area contributed by atoms with Crippen LogP contribution in [-0.2, 0) is 11.3 Å². The highest BCUT2D eigenvalue weighted by molar-refractivity contribution is 7.22. The van der Waals surface area contributed by atoms with Crippen LogP contribution >= 0.6 is 11.3 Å². The van der Waals surface area contributed by atoms with Crippen molar-refractivity contribution >= 4 is 26.7 Å². The fraction of sp³-hybridized carbons (Fsp3) is 0.464. The van der Waals surface area contributed by atoms with Crippen molar-refractivity contribution < 1.29 is 14.6 Å². The lowest BCUT2D eigenvalue weighted by molar-refractivity contribution is 0.0360. The highest BCUT2D eigenvalue weighted by atomic mass is 32.1. The maximum absolute atomic E-state index is 9.68. The van der Waals surface area contributed by atoms with Gasteiger partial charge in [0.25, 0.3) is 0 Å². The average molecular weight is 539 g/mol. The third-order valence-electron chi connectivity index (χ3n) is 6.31. The first-order valence-corrected chi connectivity index (χ1v) is 13.6. The number of aliphatic hydroxyl groups is 1. The quantitative estimate of drug-likeness (QED) is 0.271. The van der Waals surface area contributed by atoms with Gasteiger partial charge in [-0.2, -0.15) is 5.10 Å². The van der Waals surface area contributed by atoms with E-state index in [1.807, 2.05) is 47.4 Å². The highest BCUT2D eigenvalue weighted by Crippen LogP contribution is 2.32. The zero-order valence-electron chi connectivity index (χ0n) is 21.3. The number of pyridine rings is 1. The molecule has 1 aromatic carbocycles. The Morgan fingerprint density at radius 2 is 1.95 bits per heavy atom. The summed E-state index contributed by atoms with van der Waals surface area (Å²) in [6, 6.07) is 9.67. The normalized spacial score (nSPS) is 14.9. The van der Waals surface area contributed by atoms with Crippen LogP contribution in [0.2, 0.25) is 0 Å². The molecule has 4 heterocycles. The molecule has 0 bridgehead atoms. The standard InChI is InChI=1S/C27H34N6O3S.CH4/c1-19(2)13-21(18-34)30-27-31-24-4-3-22(15-26(24)37-27)36-23-5-6-28-25(14-23)20-16-29-33(17-20)8-7-32-9-11-35-12-10-32;/h3-6,14-17,19,21,34H,7-13,18H2,1-2H3,(H,30,31);1H4/t21-;/m1./s1. The number of rotatable bonds is 11. The van der Waals surface area contributed by atoms with Gasteiger partial charge < -0.3 is 19.9 Å². The fourth-order valence-corrected chi connectivity index (χ4v) is 5.38. The molecule has 38 heavy (non-hydrogen) atoms. The van der Waals surface area contributed by atoms with Gasteiger partial charge in [-0.3, -0.25) is 14.6 Å². The van der Waals surface area contributed by atoms with E-state index in [1.165, 1.54) is 0 Å². The van der Waals surface area contributed by atoms with E-state index in [9.17, 15) is 5.11 Å². The van der Waals surface area contributed by atoms with Gasteiger partial charge in [-0.25, -0.2) is 4.98 Å². The summed E-state index contributed by atoms with van der Waals surface area (Å²) in [6.07, 6.45) is 6.52. The first-order valence-electron chi connectivity index (χ1n) is 12.8. The van der Waals surface area contributed by atoms with Crippen LogP contribution in [0.25, 0.3) is 21.5 Å². The van der Waals surface area contributed by atoms with Crippen molar-refractivity contribution in [1.29, 1.82) is 0 Å². The van der Waals surface area contributed by atoms with Crippen molar-refractivity contribution in [2.45, 2.75) is 40.3 Å². The molecule has 1 aliphatic rings. The SMILES string of the molecule is C.CC(C)C[C@H](CO)Nc1nc2ccc(Oc3ccnc(-c4cnn(CCN5CCOCC5)c4)c3)cc2s1. The van der Waals surface area contributed by atoms with E-state index in [4.69, 9.17) is 9.47 Å². The molecular formula is C28H38N6O3S. The maximum Gasteiger partial charge on any atom is 0.184 e. The van der Waals surface area contributed by atoms with E-state index >= 15 is 0 Å². The van der Waals surface area contributed by atoms with E-state index in [0.717, 1.165) is 78.2 Å². The minimum Gasteiger partial charge on any atom is -0.457 e. The van der Waals surface area contributed by atoms with Crippen LogP contribution in [-0.4, -0.2) is 75.3 Å². The molecule has 10 heteroatoms. The molecule has 0 saturated carbocycles. The van der Waals surface area contributed by atoms with Crippen molar-refractivity contribution in [1.82, 2.24) is 24.6 Å². The third-order valence-corrected chi connectivity index (χ3v) is 7.26. The smallest absolute Gasteiger partial charge is 0.184 e. The van der Waals surface area contributed by atoms with Gasteiger partial charge in [0, 0.05) is 49.7 Å². The van der Waals surface area contributed by atoms with Crippen molar-refractivity contribution in [3.63, 3.8) is 0 Å².